The third-order valence-electron chi connectivity index (χ3n) is 2.28. The minimum Gasteiger partial charge on any atom is -0.505 e. The van der Waals surface area contributed by atoms with E-state index < -0.39 is 0 Å². The smallest absolute Gasteiger partial charge is 0.151 e. The highest BCUT2D eigenvalue weighted by Gasteiger charge is 2.09. The number of pyridine rings is 1. The lowest BCUT2D eigenvalue weighted by atomic mass is 10.2. The van der Waals surface area contributed by atoms with Gasteiger partial charge in [-0.3, -0.25) is 0 Å². The van der Waals surface area contributed by atoms with E-state index in [9.17, 15) is 5.11 Å². The lowest BCUT2D eigenvalue weighted by Gasteiger charge is -2.07. The van der Waals surface area contributed by atoms with Gasteiger partial charge in [0.15, 0.2) is 5.75 Å². The molecule has 0 radical (unpaired) electrons. The molecule has 1 aromatic heterocycles. The highest BCUT2D eigenvalue weighted by Crippen LogP contribution is 2.34. The van der Waals surface area contributed by atoms with Crippen molar-refractivity contribution in [2.75, 3.05) is 7.11 Å². The Bertz CT molecular complexity index is 525. The average Bonchev–Trinajstić information content (AvgIpc) is 2.26. The van der Waals surface area contributed by atoms with Crippen LogP contribution >= 0.6 is 15.9 Å². The standard InChI is InChI=1S/C11H10BrNO2/c1-6-11(14)10(12)8-5-7(15-2)3-4-9(8)13-6/h3-5,14H,1-2H3. The van der Waals surface area contributed by atoms with Gasteiger partial charge in [0.1, 0.15) is 5.75 Å². The van der Waals surface area contributed by atoms with Gasteiger partial charge >= 0.3 is 0 Å². The Balaban J connectivity index is 2.81. The quantitative estimate of drug-likeness (QED) is 0.864. The topological polar surface area (TPSA) is 42.4 Å². The minimum absolute atomic E-state index is 0.177. The zero-order valence-electron chi connectivity index (χ0n) is 8.41. The molecule has 0 bridgehead atoms. The van der Waals surface area contributed by atoms with Crippen LogP contribution < -0.4 is 4.74 Å². The molecule has 4 heteroatoms. The number of hydrogen-bond donors (Lipinski definition) is 1. The summed E-state index contributed by atoms with van der Waals surface area (Å²) in [7, 11) is 1.61. The van der Waals surface area contributed by atoms with Crippen molar-refractivity contribution in [1.29, 1.82) is 0 Å². The van der Waals surface area contributed by atoms with E-state index in [1.165, 1.54) is 0 Å². The van der Waals surface area contributed by atoms with Crippen molar-refractivity contribution in [2.45, 2.75) is 6.92 Å². The van der Waals surface area contributed by atoms with Gasteiger partial charge in [0.2, 0.25) is 0 Å². The van der Waals surface area contributed by atoms with E-state index in [-0.39, 0.29) is 5.75 Å². The molecule has 2 aromatic rings. The number of ether oxygens (including phenoxy) is 1. The summed E-state index contributed by atoms with van der Waals surface area (Å²) in [4.78, 5) is 4.28. The van der Waals surface area contributed by atoms with Crippen LogP contribution in [0.4, 0.5) is 0 Å². The van der Waals surface area contributed by atoms with E-state index >= 15 is 0 Å². The second-order valence-corrected chi connectivity index (χ2v) is 4.04. The van der Waals surface area contributed by atoms with Gasteiger partial charge in [0, 0.05) is 5.39 Å². The Labute approximate surface area is 95.8 Å². The summed E-state index contributed by atoms with van der Waals surface area (Å²) in [5.74, 6) is 0.920. The molecule has 0 amide bonds. The summed E-state index contributed by atoms with van der Waals surface area (Å²) in [5, 5.41) is 10.6. The van der Waals surface area contributed by atoms with Crippen molar-refractivity contribution in [1.82, 2.24) is 4.98 Å². The van der Waals surface area contributed by atoms with E-state index in [4.69, 9.17) is 4.74 Å². The lowest BCUT2D eigenvalue weighted by Crippen LogP contribution is -1.88. The Hall–Kier alpha value is -1.29. The maximum absolute atomic E-state index is 9.72. The fourth-order valence-electron chi connectivity index (χ4n) is 1.44. The van der Waals surface area contributed by atoms with Gasteiger partial charge in [0.05, 0.1) is 22.8 Å². The highest BCUT2D eigenvalue weighted by molar-refractivity contribution is 9.10. The first-order valence-electron chi connectivity index (χ1n) is 4.46. The molecule has 0 atom stereocenters. The predicted molar refractivity (Wildman–Crippen MR) is 62.4 cm³/mol. The van der Waals surface area contributed by atoms with Crippen molar-refractivity contribution in [2.24, 2.45) is 0 Å². The van der Waals surface area contributed by atoms with Crippen molar-refractivity contribution < 1.29 is 9.84 Å². The van der Waals surface area contributed by atoms with Gasteiger partial charge in [0.25, 0.3) is 0 Å². The highest BCUT2D eigenvalue weighted by atomic mass is 79.9. The molecule has 0 unspecified atom stereocenters. The van der Waals surface area contributed by atoms with E-state index in [0.29, 0.717) is 10.2 Å². The predicted octanol–water partition coefficient (Wildman–Crippen LogP) is 3.02. The van der Waals surface area contributed by atoms with E-state index in [0.717, 1.165) is 16.7 Å². The second kappa shape index (κ2) is 3.70. The number of fused-ring (bicyclic) bond motifs is 1. The van der Waals surface area contributed by atoms with Crippen LogP contribution in [-0.2, 0) is 0 Å². The summed E-state index contributed by atoms with van der Waals surface area (Å²) < 4.78 is 5.77. The van der Waals surface area contributed by atoms with Gasteiger partial charge in [-0.15, -0.1) is 0 Å². The van der Waals surface area contributed by atoms with E-state index in [1.807, 2.05) is 18.2 Å². The number of rotatable bonds is 1. The van der Waals surface area contributed by atoms with E-state index in [2.05, 4.69) is 20.9 Å². The van der Waals surface area contributed by atoms with Crippen LogP contribution in [0, 0.1) is 6.92 Å². The van der Waals surface area contributed by atoms with Crippen molar-refractivity contribution >= 4 is 26.8 Å². The van der Waals surface area contributed by atoms with Crippen LogP contribution in [0.1, 0.15) is 5.69 Å². The number of aromatic hydroxyl groups is 1. The summed E-state index contributed by atoms with van der Waals surface area (Å²) >= 11 is 3.35. The number of benzene rings is 1. The lowest BCUT2D eigenvalue weighted by molar-refractivity contribution is 0.415. The van der Waals surface area contributed by atoms with Gasteiger partial charge in [-0.1, -0.05) is 0 Å². The van der Waals surface area contributed by atoms with Crippen molar-refractivity contribution in [3.05, 3.63) is 28.4 Å². The van der Waals surface area contributed by atoms with Gasteiger partial charge in [-0.2, -0.15) is 0 Å². The fourth-order valence-corrected chi connectivity index (χ4v) is 2.04. The zero-order valence-corrected chi connectivity index (χ0v) is 10.00. The van der Waals surface area contributed by atoms with Crippen LogP contribution in [0.25, 0.3) is 10.9 Å². The number of aromatic nitrogens is 1. The molecule has 1 aromatic carbocycles. The SMILES string of the molecule is COc1ccc2nc(C)c(O)c(Br)c2c1. The van der Waals surface area contributed by atoms with Gasteiger partial charge in [-0.05, 0) is 41.1 Å². The number of methoxy groups -OCH3 is 1. The molecule has 0 saturated heterocycles. The van der Waals surface area contributed by atoms with Crippen LogP contribution in [-0.4, -0.2) is 17.2 Å². The number of aryl methyl sites for hydroxylation is 1. The maximum Gasteiger partial charge on any atom is 0.151 e. The summed E-state index contributed by atoms with van der Waals surface area (Å²) in [6.45, 7) is 1.77. The summed E-state index contributed by atoms with van der Waals surface area (Å²) in [6.07, 6.45) is 0. The molecule has 0 spiro atoms. The fraction of sp³-hybridized carbons (Fsp3) is 0.182. The molecule has 15 heavy (non-hydrogen) atoms. The molecular weight excluding hydrogens is 258 g/mol. The number of halogens is 1. The molecule has 2 rings (SSSR count). The second-order valence-electron chi connectivity index (χ2n) is 3.24. The third kappa shape index (κ3) is 1.65. The third-order valence-corrected chi connectivity index (χ3v) is 3.08. The molecular formula is C11H10BrNO2. The van der Waals surface area contributed by atoms with Gasteiger partial charge in [-0.25, -0.2) is 4.98 Å². The molecule has 0 saturated carbocycles. The van der Waals surface area contributed by atoms with Crippen LogP contribution in [0.15, 0.2) is 22.7 Å². The first kappa shape index (κ1) is 10.2. The summed E-state index contributed by atoms with van der Waals surface area (Å²) in [5.41, 5.74) is 1.44. The maximum atomic E-state index is 9.72. The first-order chi connectivity index (χ1) is 7.13. The average molecular weight is 268 g/mol. The minimum atomic E-state index is 0.177. The van der Waals surface area contributed by atoms with E-state index in [1.54, 1.807) is 14.0 Å². The molecule has 0 aliphatic rings. The number of nitrogens with zero attached hydrogens (tertiary/aromatic N) is 1. The summed E-state index contributed by atoms with van der Waals surface area (Å²) in [6, 6.07) is 5.55. The Morgan fingerprint density at radius 2 is 2.13 bits per heavy atom. The Morgan fingerprint density at radius 1 is 1.40 bits per heavy atom. The molecule has 1 heterocycles. The molecule has 0 aliphatic heterocycles. The van der Waals surface area contributed by atoms with Crippen LogP contribution in [0.2, 0.25) is 0 Å². The normalized spacial score (nSPS) is 10.6. The van der Waals surface area contributed by atoms with Crippen molar-refractivity contribution in [3.63, 3.8) is 0 Å². The number of hydrogen-bond acceptors (Lipinski definition) is 3. The monoisotopic (exact) mass is 267 g/mol. The van der Waals surface area contributed by atoms with Crippen molar-refractivity contribution in [3.8, 4) is 11.5 Å². The largest absolute Gasteiger partial charge is 0.505 e. The Kier molecular flexibility index (Phi) is 2.52. The molecule has 0 aliphatic carbocycles. The van der Waals surface area contributed by atoms with Gasteiger partial charge < -0.3 is 9.84 Å². The zero-order chi connectivity index (χ0) is 11.0. The molecule has 78 valence electrons. The molecule has 0 fully saturated rings. The molecule has 1 N–H and O–H groups in total. The first-order valence-corrected chi connectivity index (χ1v) is 5.25. The van der Waals surface area contributed by atoms with Crippen LogP contribution in [0.5, 0.6) is 11.5 Å². The van der Waals surface area contributed by atoms with Crippen LogP contribution in [0.3, 0.4) is 0 Å². The molecule has 3 nitrogen and oxygen atoms in total. The Morgan fingerprint density at radius 3 is 2.80 bits per heavy atom.